The van der Waals surface area contributed by atoms with E-state index in [9.17, 15) is 14.0 Å². The predicted molar refractivity (Wildman–Crippen MR) is 44.2 cm³/mol. The second kappa shape index (κ2) is 4.20. The van der Waals surface area contributed by atoms with Crippen LogP contribution in [-0.2, 0) is 9.59 Å². The Balaban J connectivity index is 2.27. The molecule has 0 heterocycles. The molecular formula is C8H13FN2O2. The molecule has 1 rings (SSSR count). The molecule has 2 amide bonds. The molecule has 0 aromatic heterocycles. The van der Waals surface area contributed by atoms with E-state index in [0.29, 0.717) is 12.8 Å². The van der Waals surface area contributed by atoms with Crippen molar-refractivity contribution >= 4 is 11.8 Å². The van der Waals surface area contributed by atoms with Crippen molar-refractivity contribution in [1.82, 2.24) is 10.9 Å². The summed E-state index contributed by atoms with van der Waals surface area (Å²) in [5.74, 6) is -0.916. The van der Waals surface area contributed by atoms with E-state index in [4.69, 9.17) is 0 Å². The SMILES string of the molecule is CC(=O)NNC(=O)C1CCC(F)C1. The van der Waals surface area contributed by atoms with Crippen molar-refractivity contribution in [1.29, 1.82) is 0 Å². The standard InChI is InChI=1S/C8H13FN2O2/c1-5(12)10-11-8(13)6-2-3-7(9)4-6/h6-7H,2-4H2,1H3,(H,10,12)(H,11,13). The van der Waals surface area contributed by atoms with Gasteiger partial charge in [0.25, 0.3) is 0 Å². The first-order chi connectivity index (χ1) is 6.09. The average molecular weight is 188 g/mol. The van der Waals surface area contributed by atoms with Gasteiger partial charge in [-0.2, -0.15) is 0 Å². The molecule has 0 radical (unpaired) electrons. The summed E-state index contributed by atoms with van der Waals surface area (Å²) < 4.78 is 12.7. The molecule has 1 aliphatic rings. The van der Waals surface area contributed by atoms with Crippen LogP contribution in [0.1, 0.15) is 26.2 Å². The lowest BCUT2D eigenvalue weighted by Gasteiger charge is -2.09. The van der Waals surface area contributed by atoms with Crippen LogP contribution in [0.5, 0.6) is 0 Å². The summed E-state index contributed by atoms with van der Waals surface area (Å²) in [5.41, 5.74) is 4.42. The van der Waals surface area contributed by atoms with E-state index in [2.05, 4.69) is 10.9 Å². The van der Waals surface area contributed by atoms with Crippen LogP contribution in [0.25, 0.3) is 0 Å². The van der Waals surface area contributed by atoms with Gasteiger partial charge in [0.1, 0.15) is 6.17 Å². The van der Waals surface area contributed by atoms with Crippen molar-refractivity contribution in [2.75, 3.05) is 0 Å². The monoisotopic (exact) mass is 188 g/mol. The number of nitrogens with one attached hydrogen (secondary N) is 2. The quantitative estimate of drug-likeness (QED) is 0.581. The van der Waals surface area contributed by atoms with Crippen molar-refractivity contribution in [3.63, 3.8) is 0 Å². The Labute approximate surface area is 75.8 Å². The van der Waals surface area contributed by atoms with Gasteiger partial charge in [-0.3, -0.25) is 20.4 Å². The fourth-order valence-corrected chi connectivity index (χ4v) is 1.42. The molecule has 1 saturated carbocycles. The minimum Gasteiger partial charge on any atom is -0.274 e. The lowest BCUT2D eigenvalue weighted by atomic mass is 10.1. The number of rotatable bonds is 1. The number of hydrogen-bond donors (Lipinski definition) is 2. The van der Waals surface area contributed by atoms with E-state index in [0.717, 1.165) is 0 Å². The van der Waals surface area contributed by atoms with Crippen LogP contribution in [0.4, 0.5) is 4.39 Å². The van der Waals surface area contributed by atoms with Gasteiger partial charge in [-0.1, -0.05) is 0 Å². The van der Waals surface area contributed by atoms with Gasteiger partial charge in [-0.05, 0) is 19.3 Å². The van der Waals surface area contributed by atoms with E-state index in [1.165, 1.54) is 6.92 Å². The highest BCUT2D eigenvalue weighted by Crippen LogP contribution is 2.27. The number of carbonyl (C=O) groups excluding carboxylic acids is 2. The number of hydrazine groups is 1. The van der Waals surface area contributed by atoms with Crippen LogP contribution in [0.2, 0.25) is 0 Å². The fraction of sp³-hybridized carbons (Fsp3) is 0.750. The van der Waals surface area contributed by atoms with Gasteiger partial charge in [0.15, 0.2) is 0 Å². The molecule has 74 valence electrons. The van der Waals surface area contributed by atoms with Gasteiger partial charge in [0, 0.05) is 12.8 Å². The van der Waals surface area contributed by atoms with Crippen molar-refractivity contribution < 1.29 is 14.0 Å². The molecule has 0 aliphatic heterocycles. The normalized spacial score (nSPS) is 26.9. The number of alkyl halides is 1. The zero-order valence-corrected chi connectivity index (χ0v) is 7.47. The Hall–Kier alpha value is -1.13. The third-order valence-corrected chi connectivity index (χ3v) is 2.10. The van der Waals surface area contributed by atoms with Crippen molar-refractivity contribution in [2.45, 2.75) is 32.4 Å². The Morgan fingerprint density at radius 2 is 2.00 bits per heavy atom. The van der Waals surface area contributed by atoms with Crippen LogP contribution in [0.15, 0.2) is 0 Å². The number of carbonyl (C=O) groups is 2. The van der Waals surface area contributed by atoms with Crippen molar-refractivity contribution in [3.8, 4) is 0 Å². The highest BCUT2D eigenvalue weighted by atomic mass is 19.1. The Bertz CT molecular complexity index is 220. The van der Waals surface area contributed by atoms with Crippen LogP contribution in [-0.4, -0.2) is 18.0 Å². The minimum atomic E-state index is -0.868. The molecule has 1 fully saturated rings. The molecule has 0 spiro atoms. The van der Waals surface area contributed by atoms with Crippen LogP contribution in [0, 0.1) is 5.92 Å². The van der Waals surface area contributed by atoms with Crippen molar-refractivity contribution in [2.24, 2.45) is 5.92 Å². The summed E-state index contributed by atoms with van der Waals surface area (Å²) in [5, 5.41) is 0. The topological polar surface area (TPSA) is 58.2 Å². The largest absolute Gasteiger partial charge is 0.274 e. The zero-order valence-electron chi connectivity index (χ0n) is 7.47. The first-order valence-electron chi connectivity index (χ1n) is 4.30. The highest BCUT2D eigenvalue weighted by molar-refractivity contribution is 5.82. The molecule has 0 bridgehead atoms. The maximum Gasteiger partial charge on any atom is 0.241 e. The third kappa shape index (κ3) is 3.01. The van der Waals surface area contributed by atoms with E-state index < -0.39 is 6.17 Å². The lowest BCUT2D eigenvalue weighted by Crippen LogP contribution is -2.43. The summed E-state index contributed by atoms with van der Waals surface area (Å²) in [6.07, 6.45) is 0.406. The van der Waals surface area contributed by atoms with Crippen LogP contribution in [0.3, 0.4) is 0 Å². The zero-order chi connectivity index (χ0) is 9.84. The number of hydrogen-bond acceptors (Lipinski definition) is 2. The fourth-order valence-electron chi connectivity index (χ4n) is 1.42. The molecule has 2 N–H and O–H groups in total. The van der Waals surface area contributed by atoms with Gasteiger partial charge >= 0.3 is 0 Å². The average Bonchev–Trinajstić information content (AvgIpc) is 2.47. The summed E-state index contributed by atoms with van der Waals surface area (Å²) in [6, 6.07) is 0. The van der Waals surface area contributed by atoms with Gasteiger partial charge in [-0.25, -0.2) is 4.39 Å². The Morgan fingerprint density at radius 1 is 1.31 bits per heavy atom. The summed E-state index contributed by atoms with van der Waals surface area (Å²) >= 11 is 0. The molecule has 1 aliphatic carbocycles. The van der Waals surface area contributed by atoms with Gasteiger partial charge < -0.3 is 0 Å². The maximum absolute atomic E-state index is 12.7. The van der Waals surface area contributed by atoms with Crippen LogP contribution < -0.4 is 10.9 Å². The molecule has 0 saturated heterocycles. The van der Waals surface area contributed by atoms with E-state index in [-0.39, 0.29) is 24.2 Å². The van der Waals surface area contributed by atoms with Crippen molar-refractivity contribution in [3.05, 3.63) is 0 Å². The van der Waals surface area contributed by atoms with Gasteiger partial charge in [0.05, 0.1) is 0 Å². The molecule has 5 heteroatoms. The molecule has 0 aromatic rings. The third-order valence-electron chi connectivity index (χ3n) is 2.10. The first-order valence-corrected chi connectivity index (χ1v) is 4.30. The summed E-state index contributed by atoms with van der Waals surface area (Å²) in [7, 11) is 0. The van der Waals surface area contributed by atoms with Crippen LogP contribution >= 0.6 is 0 Å². The molecule has 13 heavy (non-hydrogen) atoms. The van der Waals surface area contributed by atoms with E-state index in [1.54, 1.807) is 0 Å². The Kier molecular flexibility index (Phi) is 3.22. The predicted octanol–water partition coefficient (Wildman–Crippen LogP) is 0.292. The maximum atomic E-state index is 12.7. The molecular weight excluding hydrogens is 175 g/mol. The molecule has 0 aromatic carbocycles. The number of halogens is 1. The second-order valence-corrected chi connectivity index (χ2v) is 3.28. The second-order valence-electron chi connectivity index (χ2n) is 3.28. The number of amides is 2. The van der Waals surface area contributed by atoms with E-state index in [1.807, 2.05) is 0 Å². The molecule has 2 unspecified atom stereocenters. The molecule has 4 nitrogen and oxygen atoms in total. The lowest BCUT2D eigenvalue weighted by molar-refractivity contribution is -0.130. The Morgan fingerprint density at radius 3 is 2.46 bits per heavy atom. The van der Waals surface area contributed by atoms with Gasteiger partial charge in [0.2, 0.25) is 11.8 Å². The summed E-state index contributed by atoms with van der Waals surface area (Å²) in [6.45, 7) is 1.30. The molecule has 2 atom stereocenters. The van der Waals surface area contributed by atoms with Gasteiger partial charge in [-0.15, -0.1) is 0 Å². The smallest absolute Gasteiger partial charge is 0.241 e. The minimum absolute atomic E-state index is 0.269. The van der Waals surface area contributed by atoms with E-state index >= 15 is 0 Å². The highest BCUT2D eigenvalue weighted by Gasteiger charge is 2.29. The summed E-state index contributed by atoms with van der Waals surface area (Å²) in [4.78, 5) is 21.6. The first kappa shape index (κ1) is 9.95.